The number of ether oxygens (including phenoxy) is 2. The van der Waals surface area contributed by atoms with Crippen molar-refractivity contribution in [1.29, 1.82) is 0 Å². The van der Waals surface area contributed by atoms with Crippen molar-refractivity contribution in [1.82, 2.24) is 9.88 Å². The molecule has 2 aromatic rings. The van der Waals surface area contributed by atoms with Crippen LogP contribution in [0.5, 0.6) is 0 Å². The standard InChI is InChI=1S/C28H28F9N3O3/c1-14-23(16-7-18(26(29,30)31)10-19(8-16)27(32,33)34)43-25(41)40(14)13-17-9-20(28(35,36)37)12-38-24(17)39-21-5-6-42-22(11-21)15-3-2-4-15/h7-10,12,14-15,21-23H,2-6,11,13H2,1H3,(H,38,39)/t14-,21?,22?,23-/m0/s1. The number of amides is 1. The fraction of sp³-hybridized carbons (Fsp3) is 0.571. The fourth-order valence-corrected chi connectivity index (χ4v) is 5.69. The van der Waals surface area contributed by atoms with Crippen molar-refractivity contribution in [3.05, 3.63) is 58.3 Å². The number of carbonyl (C=O) groups excluding carboxylic acids is 1. The van der Waals surface area contributed by atoms with Crippen LogP contribution in [0.1, 0.15) is 72.9 Å². The highest BCUT2D eigenvalue weighted by molar-refractivity contribution is 5.71. The quantitative estimate of drug-likeness (QED) is 0.330. The van der Waals surface area contributed by atoms with Gasteiger partial charge in [0, 0.05) is 24.4 Å². The van der Waals surface area contributed by atoms with Gasteiger partial charge in [-0.3, -0.25) is 4.90 Å². The van der Waals surface area contributed by atoms with Gasteiger partial charge in [-0.05, 0) is 68.4 Å². The fourth-order valence-electron chi connectivity index (χ4n) is 5.69. The van der Waals surface area contributed by atoms with Crippen molar-refractivity contribution < 1.29 is 53.8 Å². The first-order chi connectivity index (χ1) is 20.0. The van der Waals surface area contributed by atoms with E-state index in [0.29, 0.717) is 43.7 Å². The average molecular weight is 626 g/mol. The number of carbonyl (C=O) groups is 1. The summed E-state index contributed by atoms with van der Waals surface area (Å²) in [6.07, 6.45) is -12.7. The topological polar surface area (TPSA) is 63.7 Å². The first-order valence-electron chi connectivity index (χ1n) is 13.7. The number of hydrogen-bond acceptors (Lipinski definition) is 5. The lowest BCUT2D eigenvalue weighted by molar-refractivity contribution is -0.143. The zero-order valence-electron chi connectivity index (χ0n) is 22.7. The van der Waals surface area contributed by atoms with Gasteiger partial charge in [0.2, 0.25) is 0 Å². The Bertz CT molecular complexity index is 1310. The van der Waals surface area contributed by atoms with E-state index in [9.17, 15) is 44.3 Å². The molecule has 1 aromatic carbocycles. The minimum Gasteiger partial charge on any atom is -0.439 e. The van der Waals surface area contributed by atoms with Gasteiger partial charge in [-0.15, -0.1) is 0 Å². The van der Waals surface area contributed by atoms with E-state index in [-0.39, 0.29) is 29.6 Å². The van der Waals surface area contributed by atoms with E-state index in [1.807, 2.05) is 0 Å². The summed E-state index contributed by atoms with van der Waals surface area (Å²) in [6, 6.07) is 0.401. The highest BCUT2D eigenvalue weighted by Crippen LogP contribution is 2.42. The van der Waals surface area contributed by atoms with E-state index in [0.717, 1.165) is 30.2 Å². The molecule has 15 heteroatoms. The number of pyridine rings is 1. The van der Waals surface area contributed by atoms with Crippen LogP contribution < -0.4 is 5.32 Å². The minimum atomic E-state index is -5.12. The Balaban J connectivity index is 1.42. The number of cyclic esters (lactones) is 1. The van der Waals surface area contributed by atoms with Crippen LogP contribution in [0.2, 0.25) is 0 Å². The highest BCUT2D eigenvalue weighted by atomic mass is 19.4. The number of hydrogen-bond donors (Lipinski definition) is 1. The minimum absolute atomic E-state index is 0.00119. The third-order valence-electron chi connectivity index (χ3n) is 8.30. The molecule has 43 heavy (non-hydrogen) atoms. The molecule has 5 rings (SSSR count). The van der Waals surface area contributed by atoms with Crippen LogP contribution in [0, 0.1) is 5.92 Å². The third-order valence-corrected chi connectivity index (χ3v) is 8.30. The van der Waals surface area contributed by atoms with Crippen molar-refractivity contribution in [2.24, 2.45) is 5.92 Å². The molecule has 2 aliphatic heterocycles. The Kier molecular flexibility index (Phi) is 8.24. The van der Waals surface area contributed by atoms with Crippen molar-refractivity contribution in [3.63, 3.8) is 0 Å². The molecule has 236 valence electrons. The van der Waals surface area contributed by atoms with Crippen molar-refractivity contribution in [3.8, 4) is 0 Å². The van der Waals surface area contributed by atoms with E-state index in [1.165, 1.54) is 6.92 Å². The Labute approximate surface area is 240 Å². The second-order valence-corrected chi connectivity index (χ2v) is 11.2. The SMILES string of the molecule is C[C@H]1[C@@H](c2cc(C(F)(F)F)cc(C(F)(F)F)c2)OC(=O)N1Cc1cc(C(F)(F)F)cnc1NC1CCOC(C2CCC2)C1. The van der Waals surface area contributed by atoms with E-state index in [4.69, 9.17) is 9.47 Å². The highest BCUT2D eigenvalue weighted by Gasteiger charge is 2.44. The Hall–Kier alpha value is -3.23. The molecule has 0 radical (unpaired) electrons. The summed E-state index contributed by atoms with van der Waals surface area (Å²) >= 11 is 0. The molecular weight excluding hydrogens is 597 g/mol. The monoisotopic (exact) mass is 625 g/mol. The van der Waals surface area contributed by atoms with Crippen molar-refractivity contribution >= 4 is 11.9 Å². The number of rotatable bonds is 6. The largest absolute Gasteiger partial charge is 0.439 e. The molecule has 0 spiro atoms. The number of halogens is 9. The normalized spacial score (nSPS) is 25.4. The maximum Gasteiger partial charge on any atom is 0.417 e. The van der Waals surface area contributed by atoms with Gasteiger partial charge in [0.1, 0.15) is 11.9 Å². The summed E-state index contributed by atoms with van der Waals surface area (Å²) in [5.41, 5.74) is -4.83. The molecule has 2 saturated heterocycles. The molecule has 4 atom stereocenters. The summed E-state index contributed by atoms with van der Waals surface area (Å²) in [7, 11) is 0. The smallest absolute Gasteiger partial charge is 0.417 e. The zero-order chi connectivity index (χ0) is 31.3. The second-order valence-electron chi connectivity index (χ2n) is 11.2. The first-order valence-corrected chi connectivity index (χ1v) is 13.7. The maximum atomic E-state index is 13.6. The lowest BCUT2D eigenvalue weighted by Crippen LogP contribution is -2.40. The van der Waals surface area contributed by atoms with Crippen LogP contribution in [-0.2, 0) is 34.5 Å². The summed E-state index contributed by atoms with van der Waals surface area (Å²) in [5, 5.41) is 3.17. The molecule has 1 N–H and O–H groups in total. The van der Waals surface area contributed by atoms with Gasteiger partial charge in [0.05, 0.1) is 35.4 Å². The Morgan fingerprint density at radius 1 is 0.907 bits per heavy atom. The number of alkyl halides is 9. The van der Waals surface area contributed by atoms with Crippen molar-refractivity contribution in [2.45, 2.75) is 88.4 Å². The number of anilines is 1. The van der Waals surface area contributed by atoms with Gasteiger partial charge >= 0.3 is 24.6 Å². The van der Waals surface area contributed by atoms with Crippen LogP contribution >= 0.6 is 0 Å². The summed E-state index contributed by atoms with van der Waals surface area (Å²) in [6.45, 7) is 1.29. The molecule has 1 saturated carbocycles. The van der Waals surface area contributed by atoms with Crippen LogP contribution in [-0.4, -0.2) is 40.8 Å². The molecule has 1 aromatic heterocycles. The van der Waals surface area contributed by atoms with Crippen LogP contribution in [0.15, 0.2) is 30.5 Å². The number of aromatic nitrogens is 1. The van der Waals surface area contributed by atoms with Gasteiger partial charge in [-0.1, -0.05) is 6.42 Å². The van der Waals surface area contributed by atoms with Crippen LogP contribution in [0.3, 0.4) is 0 Å². The molecule has 1 aliphatic carbocycles. The Morgan fingerprint density at radius 3 is 2.09 bits per heavy atom. The molecule has 3 fully saturated rings. The maximum absolute atomic E-state index is 13.6. The summed E-state index contributed by atoms with van der Waals surface area (Å²) in [5.74, 6) is 0.490. The second kappa shape index (κ2) is 11.4. The molecule has 6 nitrogen and oxygen atoms in total. The zero-order valence-corrected chi connectivity index (χ0v) is 22.7. The lowest BCUT2D eigenvalue weighted by atomic mass is 9.78. The Morgan fingerprint density at radius 2 is 1.53 bits per heavy atom. The summed E-state index contributed by atoms with van der Waals surface area (Å²) < 4.78 is 132. The average Bonchev–Trinajstić information content (AvgIpc) is 3.15. The predicted octanol–water partition coefficient (Wildman–Crippen LogP) is 7.98. The molecule has 2 unspecified atom stereocenters. The van der Waals surface area contributed by atoms with E-state index < -0.39 is 65.6 Å². The molecule has 3 heterocycles. The van der Waals surface area contributed by atoms with E-state index >= 15 is 0 Å². The predicted molar refractivity (Wildman–Crippen MR) is 134 cm³/mol. The van der Waals surface area contributed by atoms with E-state index in [2.05, 4.69) is 10.3 Å². The van der Waals surface area contributed by atoms with Gasteiger partial charge in [0.25, 0.3) is 0 Å². The van der Waals surface area contributed by atoms with Gasteiger partial charge < -0.3 is 14.8 Å². The van der Waals surface area contributed by atoms with Crippen LogP contribution in [0.25, 0.3) is 0 Å². The summed E-state index contributed by atoms with van der Waals surface area (Å²) in [4.78, 5) is 17.8. The van der Waals surface area contributed by atoms with Crippen molar-refractivity contribution in [2.75, 3.05) is 11.9 Å². The molecule has 0 bridgehead atoms. The van der Waals surface area contributed by atoms with Crippen LogP contribution in [0.4, 0.5) is 50.1 Å². The number of nitrogens with zero attached hydrogens (tertiary/aromatic N) is 2. The first kappa shape index (κ1) is 31.2. The lowest BCUT2D eigenvalue weighted by Gasteiger charge is -2.39. The number of nitrogens with one attached hydrogen (secondary N) is 1. The van der Waals surface area contributed by atoms with Gasteiger partial charge in [-0.25, -0.2) is 9.78 Å². The molecular formula is C28H28F9N3O3. The third kappa shape index (κ3) is 6.80. The number of benzene rings is 1. The van der Waals surface area contributed by atoms with E-state index in [1.54, 1.807) is 0 Å². The molecule has 1 amide bonds. The van der Waals surface area contributed by atoms with Gasteiger partial charge in [0.15, 0.2) is 0 Å². The van der Waals surface area contributed by atoms with Gasteiger partial charge in [-0.2, -0.15) is 39.5 Å². The molecule has 3 aliphatic rings.